The number of alkyl halides is 3. The van der Waals surface area contributed by atoms with Crippen LogP contribution in [0.5, 0.6) is 5.75 Å². The third kappa shape index (κ3) is 5.89. The summed E-state index contributed by atoms with van der Waals surface area (Å²) in [6, 6.07) is 4.06. The lowest BCUT2D eigenvalue weighted by Crippen LogP contribution is -2.47. The molecule has 188 valence electrons. The number of benzene rings is 1. The van der Waals surface area contributed by atoms with E-state index in [4.69, 9.17) is 11.6 Å². The van der Waals surface area contributed by atoms with E-state index in [-0.39, 0.29) is 28.7 Å². The Hall–Kier alpha value is -2.20. The maximum Gasteiger partial charge on any atom is 0.573 e. The van der Waals surface area contributed by atoms with Crippen LogP contribution in [0.2, 0.25) is 5.02 Å². The van der Waals surface area contributed by atoms with Gasteiger partial charge in [-0.25, -0.2) is 0 Å². The van der Waals surface area contributed by atoms with Crippen LogP contribution in [0.4, 0.5) is 18.9 Å². The van der Waals surface area contributed by atoms with Gasteiger partial charge in [-0.05, 0) is 49.3 Å². The SMILES string of the molecule is O=C1CCN(c2ccc(OC(F)(F)F)c(Cl)c2)CCN1CCCC(=O)N1CCC2(CC2)C(O)C1. The Kier molecular flexibility index (Phi) is 7.19. The minimum atomic E-state index is -4.82. The average molecular weight is 504 g/mol. The fourth-order valence-corrected chi connectivity index (χ4v) is 5.04. The van der Waals surface area contributed by atoms with Crippen LogP contribution in [0.3, 0.4) is 0 Å². The summed E-state index contributed by atoms with van der Waals surface area (Å²) in [6.45, 7) is 2.89. The first-order valence-corrected chi connectivity index (χ1v) is 12.0. The molecule has 1 aliphatic carbocycles. The molecule has 4 rings (SSSR count). The number of ether oxygens (including phenoxy) is 1. The highest BCUT2D eigenvalue weighted by Gasteiger charge is 2.51. The van der Waals surface area contributed by atoms with Crippen LogP contribution in [0, 0.1) is 5.41 Å². The van der Waals surface area contributed by atoms with Crippen LogP contribution in [0.25, 0.3) is 0 Å². The second-order valence-corrected chi connectivity index (χ2v) is 9.76. The van der Waals surface area contributed by atoms with Crippen molar-refractivity contribution in [2.45, 2.75) is 51.0 Å². The number of rotatable bonds is 6. The predicted molar refractivity (Wildman–Crippen MR) is 120 cm³/mol. The number of likely N-dealkylation sites (tertiary alicyclic amines) is 1. The normalized spacial score (nSPS) is 22.7. The van der Waals surface area contributed by atoms with E-state index in [1.807, 2.05) is 4.90 Å². The number of aliphatic hydroxyl groups excluding tert-OH is 1. The topological polar surface area (TPSA) is 73.3 Å². The van der Waals surface area contributed by atoms with E-state index in [0.29, 0.717) is 57.8 Å². The van der Waals surface area contributed by atoms with Gasteiger partial charge in [0.25, 0.3) is 0 Å². The molecule has 3 aliphatic rings. The van der Waals surface area contributed by atoms with Crippen molar-refractivity contribution in [1.82, 2.24) is 9.80 Å². The highest BCUT2D eigenvalue weighted by Crippen LogP contribution is 2.53. The maximum absolute atomic E-state index is 12.6. The molecule has 1 unspecified atom stereocenters. The van der Waals surface area contributed by atoms with Gasteiger partial charge in [-0.1, -0.05) is 11.6 Å². The maximum atomic E-state index is 12.6. The van der Waals surface area contributed by atoms with Gasteiger partial charge in [0.1, 0.15) is 5.75 Å². The lowest BCUT2D eigenvalue weighted by molar-refractivity contribution is -0.274. The molecule has 0 aromatic heterocycles. The molecule has 11 heteroatoms. The van der Waals surface area contributed by atoms with Crippen LogP contribution < -0.4 is 9.64 Å². The third-order valence-corrected chi connectivity index (χ3v) is 7.43. The molecule has 0 bridgehead atoms. The summed E-state index contributed by atoms with van der Waals surface area (Å²) < 4.78 is 41.3. The van der Waals surface area contributed by atoms with Crippen molar-refractivity contribution >= 4 is 29.1 Å². The lowest BCUT2D eigenvalue weighted by Gasteiger charge is -2.36. The van der Waals surface area contributed by atoms with Crippen LogP contribution in [-0.2, 0) is 9.59 Å². The minimum absolute atomic E-state index is 0.00857. The molecule has 1 aromatic rings. The van der Waals surface area contributed by atoms with Gasteiger partial charge in [0.15, 0.2) is 0 Å². The zero-order chi connectivity index (χ0) is 24.5. The van der Waals surface area contributed by atoms with E-state index >= 15 is 0 Å². The largest absolute Gasteiger partial charge is 0.573 e. The molecule has 2 saturated heterocycles. The molecule has 1 atom stereocenters. The summed E-state index contributed by atoms with van der Waals surface area (Å²) in [6.07, 6.45) is -1.20. The quantitative estimate of drug-likeness (QED) is 0.644. The van der Waals surface area contributed by atoms with Gasteiger partial charge in [-0.2, -0.15) is 0 Å². The van der Waals surface area contributed by atoms with Crippen molar-refractivity contribution in [3.05, 3.63) is 23.2 Å². The van der Waals surface area contributed by atoms with Gasteiger partial charge < -0.3 is 24.5 Å². The Labute approximate surface area is 201 Å². The Bertz CT molecular complexity index is 925. The van der Waals surface area contributed by atoms with E-state index in [9.17, 15) is 27.9 Å². The Morgan fingerprint density at radius 3 is 2.59 bits per heavy atom. The summed E-state index contributed by atoms with van der Waals surface area (Å²) >= 11 is 5.96. The van der Waals surface area contributed by atoms with E-state index in [2.05, 4.69) is 4.74 Å². The van der Waals surface area contributed by atoms with Gasteiger partial charge in [0.2, 0.25) is 11.8 Å². The number of carbonyl (C=O) groups excluding carboxylic acids is 2. The highest BCUT2D eigenvalue weighted by molar-refractivity contribution is 6.32. The average Bonchev–Trinajstić information content (AvgIpc) is 3.57. The number of anilines is 1. The van der Waals surface area contributed by atoms with Crippen molar-refractivity contribution in [3.63, 3.8) is 0 Å². The monoisotopic (exact) mass is 503 g/mol. The Morgan fingerprint density at radius 1 is 1.18 bits per heavy atom. The zero-order valence-electron chi connectivity index (χ0n) is 18.8. The van der Waals surface area contributed by atoms with Crippen LogP contribution in [0.1, 0.15) is 38.5 Å². The number of hydrogen-bond donors (Lipinski definition) is 1. The molecule has 2 heterocycles. The molecule has 2 aliphatic heterocycles. The molecule has 34 heavy (non-hydrogen) atoms. The molecule has 1 spiro atoms. The van der Waals surface area contributed by atoms with Crippen molar-refractivity contribution in [3.8, 4) is 5.75 Å². The summed E-state index contributed by atoms with van der Waals surface area (Å²) in [5, 5.41) is 10.1. The van der Waals surface area contributed by atoms with Crippen LogP contribution in [0.15, 0.2) is 18.2 Å². The van der Waals surface area contributed by atoms with E-state index in [1.165, 1.54) is 18.2 Å². The number of piperidine rings is 1. The number of aliphatic hydroxyl groups is 1. The smallest absolute Gasteiger partial charge is 0.404 e. The van der Waals surface area contributed by atoms with Crippen molar-refractivity contribution < 1.29 is 32.6 Å². The van der Waals surface area contributed by atoms with Gasteiger partial charge >= 0.3 is 6.36 Å². The van der Waals surface area contributed by atoms with E-state index < -0.39 is 18.2 Å². The molecule has 2 amide bonds. The molecular formula is C23H29ClF3N3O4. The van der Waals surface area contributed by atoms with Gasteiger partial charge in [-0.3, -0.25) is 9.59 Å². The molecule has 1 aromatic carbocycles. The molecule has 3 fully saturated rings. The summed E-state index contributed by atoms with van der Waals surface area (Å²) in [7, 11) is 0. The van der Waals surface area contributed by atoms with Crippen molar-refractivity contribution in [1.29, 1.82) is 0 Å². The highest BCUT2D eigenvalue weighted by atomic mass is 35.5. The Balaban J connectivity index is 1.25. The number of halogens is 4. The molecule has 1 N–H and O–H groups in total. The standard InChI is InChI=1S/C23H29ClF3N3O4/c24-17-14-16(3-4-18(17)34-23(25,26)27)28-10-5-21(33)29(13-12-28)9-1-2-20(32)30-11-8-22(6-7-22)19(31)15-30/h3-4,14,19,31H,1-2,5-13,15H2. The summed E-state index contributed by atoms with van der Waals surface area (Å²) in [5.41, 5.74) is 0.665. The predicted octanol–water partition coefficient (Wildman–Crippen LogP) is 3.43. The lowest BCUT2D eigenvalue weighted by atomic mass is 9.90. The van der Waals surface area contributed by atoms with Crippen molar-refractivity contribution in [2.24, 2.45) is 5.41 Å². The number of carbonyl (C=O) groups is 2. The summed E-state index contributed by atoms with van der Waals surface area (Å²) in [5.74, 6) is -0.486. The number of amides is 2. The number of β-amino-alcohol motifs (C(OH)–C–C–N with tert-alkyl or cyclic N) is 1. The van der Waals surface area contributed by atoms with Crippen LogP contribution >= 0.6 is 11.6 Å². The van der Waals surface area contributed by atoms with Crippen molar-refractivity contribution in [2.75, 3.05) is 44.2 Å². The van der Waals surface area contributed by atoms with Gasteiger partial charge in [-0.15, -0.1) is 13.2 Å². The molecular weight excluding hydrogens is 475 g/mol. The molecule has 1 saturated carbocycles. The number of nitrogens with zero attached hydrogens (tertiary/aromatic N) is 3. The fourth-order valence-electron chi connectivity index (χ4n) is 4.82. The first-order valence-electron chi connectivity index (χ1n) is 11.6. The fraction of sp³-hybridized carbons (Fsp3) is 0.652. The molecule has 7 nitrogen and oxygen atoms in total. The number of hydrogen-bond acceptors (Lipinski definition) is 5. The molecule has 0 radical (unpaired) electrons. The zero-order valence-corrected chi connectivity index (χ0v) is 19.6. The summed E-state index contributed by atoms with van der Waals surface area (Å²) in [4.78, 5) is 30.5. The first-order chi connectivity index (χ1) is 16.1. The van der Waals surface area contributed by atoms with Crippen LogP contribution in [-0.4, -0.2) is 78.5 Å². The van der Waals surface area contributed by atoms with E-state index in [0.717, 1.165) is 19.3 Å². The second-order valence-electron chi connectivity index (χ2n) is 9.35. The minimum Gasteiger partial charge on any atom is -0.404 e. The first kappa shape index (κ1) is 24.9. The second kappa shape index (κ2) is 9.81. The van der Waals surface area contributed by atoms with Gasteiger partial charge in [0, 0.05) is 57.8 Å². The van der Waals surface area contributed by atoms with E-state index in [1.54, 1.807) is 9.80 Å². The Morgan fingerprint density at radius 2 is 1.94 bits per heavy atom. The third-order valence-electron chi connectivity index (χ3n) is 7.14. The van der Waals surface area contributed by atoms with Gasteiger partial charge in [0.05, 0.1) is 11.1 Å².